The number of benzene rings is 1. The van der Waals surface area contributed by atoms with Crippen molar-refractivity contribution in [2.75, 3.05) is 25.6 Å². The molecule has 0 saturated heterocycles. The monoisotopic (exact) mass is 252 g/mol. The zero-order chi connectivity index (χ0) is 13.4. The van der Waals surface area contributed by atoms with Gasteiger partial charge in [0.15, 0.2) is 0 Å². The van der Waals surface area contributed by atoms with Crippen molar-refractivity contribution in [3.8, 4) is 5.75 Å². The van der Waals surface area contributed by atoms with E-state index in [2.05, 4.69) is 10.6 Å². The third-order valence-electron chi connectivity index (χ3n) is 2.47. The van der Waals surface area contributed by atoms with Gasteiger partial charge in [-0.05, 0) is 31.2 Å². The summed E-state index contributed by atoms with van der Waals surface area (Å²) in [5, 5.41) is 14.5. The van der Waals surface area contributed by atoms with Gasteiger partial charge in [-0.15, -0.1) is 0 Å². The molecule has 1 rings (SSSR count). The van der Waals surface area contributed by atoms with E-state index < -0.39 is 0 Å². The highest BCUT2D eigenvalue weighted by Crippen LogP contribution is 2.15. The molecule has 100 valence electrons. The van der Waals surface area contributed by atoms with Gasteiger partial charge < -0.3 is 20.5 Å². The van der Waals surface area contributed by atoms with E-state index in [4.69, 9.17) is 9.84 Å². The molecule has 18 heavy (non-hydrogen) atoms. The average Bonchev–Trinajstić information content (AvgIpc) is 2.37. The Bertz CT molecular complexity index is 365. The maximum Gasteiger partial charge on any atom is 0.225 e. The quantitative estimate of drug-likeness (QED) is 0.677. The molecular formula is C13H20N2O3. The molecule has 1 amide bonds. The summed E-state index contributed by atoms with van der Waals surface area (Å²) in [5.41, 5.74) is 0.746. The lowest BCUT2D eigenvalue weighted by Gasteiger charge is -2.12. The summed E-state index contributed by atoms with van der Waals surface area (Å²) in [6, 6.07) is 7.22. The number of ether oxygens (including phenoxy) is 1. The van der Waals surface area contributed by atoms with Crippen molar-refractivity contribution in [2.45, 2.75) is 19.4 Å². The van der Waals surface area contributed by atoms with Crippen LogP contribution in [-0.4, -0.2) is 37.3 Å². The Morgan fingerprint density at radius 2 is 2.06 bits per heavy atom. The van der Waals surface area contributed by atoms with Crippen LogP contribution in [-0.2, 0) is 4.79 Å². The number of aliphatic hydroxyl groups excluding tert-OH is 1. The number of amides is 1. The highest BCUT2D eigenvalue weighted by Gasteiger charge is 2.08. The first-order valence-corrected chi connectivity index (χ1v) is 5.94. The predicted octanol–water partition coefficient (Wildman–Crippen LogP) is 0.994. The summed E-state index contributed by atoms with van der Waals surface area (Å²) in [6.07, 6.45) is 0.367. The van der Waals surface area contributed by atoms with Gasteiger partial charge in [-0.3, -0.25) is 4.79 Å². The normalized spacial score (nSPS) is 11.9. The van der Waals surface area contributed by atoms with Crippen LogP contribution in [0.3, 0.4) is 0 Å². The lowest BCUT2D eigenvalue weighted by atomic mass is 10.2. The van der Waals surface area contributed by atoms with Crippen LogP contribution in [0.15, 0.2) is 24.3 Å². The minimum atomic E-state index is -0.0573. The summed E-state index contributed by atoms with van der Waals surface area (Å²) in [6.45, 7) is 2.48. The van der Waals surface area contributed by atoms with E-state index in [9.17, 15) is 4.79 Å². The first-order chi connectivity index (χ1) is 8.65. The highest BCUT2D eigenvalue weighted by atomic mass is 16.5. The van der Waals surface area contributed by atoms with Crippen LogP contribution in [0, 0.1) is 0 Å². The third-order valence-corrected chi connectivity index (χ3v) is 2.47. The van der Waals surface area contributed by atoms with E-state index in [0.717, 1.165) is 11.4 Å². The Kier molecular flexibility index (Phi) is 6.18. The Hall–Kier alpha value is -1.59. The second-order valence-corrected chi connectivity index (χ2v) is 4.06. The van der Waals surface area contributed by atoms with Crippen LogP contribution in [0.1, 0.15) is 13.3 Å². The molecule has 0 fully saturated rings. The molecule has 0 unspecified atom stereocenters. The van der Waals surface area contributed by atoms with Gasteiger partial charge in [-0.1, -0.05) is 0 Å². The van der Waals surface area contributed by atoms with Crippen molar-refractivity contribution < 1.29 is 14.6 Å². The lowest BCUT2D eigenvalue weighted by molar-refractivity contribution is -0.116. The predicted molar refractivity (Wildman–Crippen MR) is 70.8 cm³/mol. The molecule has 0 aliphatic carbocycles. The molecule has 3 N–H and O–H groups in total. The topological polar surface area (TPSA) is 70.6 Å². The largest absolute Gasteiger partial charge is 0.497 e. The Morgan fingerprint density at radius 1 is 1.39 bits per heavy atom. The molecule has 0 heterocycles. The molecule has 0 spiro atoms. The maximum atomic E-state index is 11.7. The fraction of sp³-hybridized carbons (Fsp3) is 0.462. The fourth-order valence-corrected chi connectivity index (χ4v) is 1.55. The number of rotatable bonds is 7. The van der Waals surface area contributed by atoms with Gasteiger partial charge in [0, 0.05) is 24.7 Å². The maximum absolute atomic E-state index is 11.7. The molecule has 0 radical (unpaired) electrons. The minimum absolute atomic E-state index is 0.0374. The van der Waals surface area contributed by atoms with Crippen molar-refractivity contribution in [1.29, 1.82) is 0 Å². The van der Waals surface area contributed by atoms with E-state index in [1.54, 1.807) is 31.4 Å². The first-order valence-electron chi connectivity index (χ1n) is 5.94. The molecule has 1 aromatic carbocycles. The van der Waals surface area contributed by atoms with Gasteiger partial charge in [-0.25, -0.2) is 0 Å². The SMILES string of the molecule is COc1ccc(NC(=O)C[C@@H](C)NCCO)cc1. The zero-order valence-electron chi connectivity index (χ0n) is 10.8. The molecule has 0 saturated carbocycles. The summed E-state index contributed by atoms with van der Waals surface area (Å²) in [4.78, 5) is 11.7. The van der Waals surface area contributed by atoms with Crippen molar-refractivity contribution >= 4 is 11.6 Å². The van der Waals surface area contributed by atoms with Gasteiger partial charge in [-0.2, -0.15) is 0 Å². The van der Waals surface area contributed by atoms with Gasteiger partial charge in [0.05, 0.1) is 13.7 Å². The Labute approximate surface area is 107 Å². The van der Waals surface area contributed by atoms with Crippen molar-refractivity contribution in [2.24, 2.45) is 0 Å². The van der Waals surface area contributed by atoms with Gasteiger partial charge >= 0.3 is 0 Å². The molecule has 0 aliphatic heterocycles. The number of hydrogen-bond donors (Lipinski definition) is 3. The Morgan fingerprint density at radius 3 is 2.61 bits per heavy atom. The number of anilines is 1. The number of carbonyl (C=O) groups is 1. The molecule has 0 aliphatic rings. The van der Waals surface area contributed by atoms with Gasteiger partial charge in [0.1, 0.15) is 5.75 Å². The van der Waals surface area contributed by atoms with Crippen molar-refractivity contribution in [3.05, 3.63) is 24.3 Å². The number of nitrogens with one attached hydrogen (secondary N) is 2. The highest BCUT2D eigenvalue weighted by molar-refractivity contribution is 5.91. The number of aliphatic hydroxyl groups is 1. The van der Waals surface area contributed by atoms with Crippen LogP contribution in [0.5, 0.6) is 5.75 Å². The zero-order valence-corrected chi connectivity index (χ0v) is 10.8. The Balaban J connectivity index is 2.39. The molecule has 5 heteroatoms. The van der Waals surface area contributed by atoms with Gasteiger partial charge in [0.2, 0.25) is 5.91 Å². The second kappa shape index (κ2) is 7.68. The molecule has 1 atom stereocenters. The fourth-order valence-electron chi connectivity index (χ4n) is 1.55. The van der Waals surface area contributed by atoms with Crippen LogP contribution >= 0.6 is 0 Å². The second-order valence-electron chi connectivity index (χ2n) is 4.06. The van der Waals surface area contributed by atoms with Crippen LogP contribution in [0.2, 0.25) is 0 Å². The van der Waals surface area contributed by atoms with E-state index in [1.165, 1.54) is 0 Å². The molecule has 5 nitrogen and oxygen atoms in total. The summed E-state index contributed by atoms with van der Waals surface area (Å²) in [7, 11) is 1.60. The minimum Gasteiger partial charge on any atom is -0.497 e. The summed E-state index contributed by atoms with van der Waals surface area (Å²) >= 11 is 0. The lowest BCUT2D eigenvalue weighted by Crippen LogP contribution is -2.32. The molecular weight excluding hydrogens is 232 g/mol. The molecule has 0 bridgehead atoms. The van der Waals surface area contributed by atoms with Crippen molar-refractivity contribution in [3.63, 3.8) is 0 Å². The molecule has 0 aromatic heterocycles. The van der Waals surface area contributed by atoms with E-state index in [0.29, 0.717) is 13.0 Å². The van der Waals surface area contributed by atoms with E-state index in [-0.39, 0.29) is 18.6 Å². The first kappa shape index (κ1) is 14.5. The van der Waals surface area contributed by atoms with E-state index >= 15 is 0 Å². The molecule has 1 aromatic rings. The number of hydrogen-bond acceptors (Lipinski definition) is 4. The summed E-state index contributed by atoms with van der Waals surface area (Å²) < 4.78 is 5.04. The summed E-state index contributed by atoms with van der Waals surface area (Å²) in [5.74, 6) is 0.698. The van der Waals surface area contributed by atoms with Crippen LogP contribution in [0.25, 0.3) is 0 Å². The number of methoxy groups -OCH3 is 1. The smallest absolute Gasteiger partial charge is 0.225 e. The van der Waals surface area contributed by atoms with E-state index in [1.807, 2.05) is 6.92 Å². The van der Waals surface area contributed by atoms with Crippen molar-refractivity contribution in [1.82, 2.24) is 5.32 Å². The van der Waals surface area contributed by atoms with Crippen LogP contribution < -0.4 is 15.4 Å². The third kappa shape index (κ3) is 5.16. The standard InChI is InChI=1S/C13H20N2O3/c1-10(14-7-8-16)9-13(17)15-11-3-5-12(18-2)6-4-11/h3-6,10,14,16H,7-9H2,1-2H3,(H,15,17)/t10-/m1/s1. The average molecular weight is 252 g/mol. The van der Waals surface area contributed by atoms with Gasteiger partial charge in [0.25, 0.3) is 0 Å². The number of carbonyl (C=O) groups excluding carboxylic acids is 1. The van der Waals surface area contributed by atoms with Crippen LogP contribution in [0.4, 0.5) is 5.69 Å².